The van der Waals surface area contributed by atoms with Gasteiger partial charge in [-0.05, 0) is 38.0 Å². The Morgan fingerprint density at radius 1 is 0.846 bits per heavy atom. The molecule has 2 saturated heterocycles. The predicted octanol–water partition coefficient (Wildman–Crippen LogP) is -0.688. The molecule has 0 amide bonds. The Balaban J connectivity index is 0.000000585. The standard InChI is InChI=1S/C28H36O15.C6H6O3/c1-11-21(34)23(36)26(28(40-11)43-25-24(37)22(35)19(10-29)42-27(25)38)41-13-8-16(32)20(17(33)9-13)14(30)5-3-12-4-6-18(39-2)15(31)7-12;1-4-6(8)5(7)2-3-9-4/h4,6-9,11,19,21-29,31-38H,3,5,10H2,1-2H3;2-3,8H,1H3/t11-,19+,21-,22+,23+,24-,25+,26+,27+,28-;/m0./s1. The van der Waals surface area contributed by atoms with E-state index in [1.165, 1.54) is 45.4 Å². The first-order chi connectivity index (χ1) is 24.6. The summed E-state index contributed by atoms with van der Waals surface area (Å²) in [6.45, 7) is 2.23. The highest BCUT2D eigenvalue weighted by atomic mass is 16.7. The Labute approximate surface area is 295 Å². The highest BCUT2D eigenvalue weighted by molar-refractivity contribution is 6.01. The molecule has 0 saturated carbocycles. The van der Waals surface area contributed by atoms with Crippen LogP contribution >= 0.6 is 0 Å². The summed E-state index contributed by atoms with van der Waals surface area (Å²) < 4.78 is 31.7. The molecule has 2 fully saturated rings. The quantitative estimate of drug-likeness (QED) is 0.115. The molecule has 3 aromatic rings. The second-order valence-electron chi connectivity index (χ2n) is 12.1. The van der Waals surface area contributed by atoms with Crippen LogP contribution in [0.3, 0.4) is 0 Å². The van der Waals surface area contributed by atoms with Crippen LogP contribution in [0.2, 0.25) is 0 Å². The van der Waals surface area contributed by atoms with Crippen LogP contribution in [-0.4, -0.2) is 132 Å². The number of hydrogen-bond acceptors (Lipinski definition) is 18. The lowest BCUT2D eigenvalue weighted by molar-refractivity contribution is -0.356. The molecule has 0 bridgehead atoms. The number of phenolic OH excluding ortho intramolecular Hbond substituents is 3. The molecule has 2 aliphatic heterocycles. The number of aryl methyl sites for hydroxylation is 2. The summed E-state index contributed by atoms with van der Waals surface area (Å²) in [6, 6.07) is 7.76. The molecule has 3 heterocycles. The molecule has 5 rings (SSSR count). The van der Waals surface area contributed by atoms with Crippen LogP contribution in [0.4, 0.5) is 0 Å². The third-order valence-corrected chi connectivity index (χ3v) is 8.45. The second kappa shape index (κ2) is 17.3. The predicted molar refractivity (Wildman–Crippen MR) is 174 cm³/mol. The maximum Gasteiger partial charge on any atom is 0.226 e. The first kappa shape index (κ1) is 40.3. The summed E-state index contributed by atoms with van der Waals surface area (Å²) in [5.41, 5.74) is -0.197. The van der Waals surface area contributed by atoms with Crippen LogP contribution in [0.1, 0.15) is 35.0 Å². The molecule has 52 heavy (non-hydrogen) atoms. The van der Waals surface area contributed by atoms with Crippen molar-refractivity contribution in [3.8, 4) is 34.5 Å². The highest BCUT2D eigenvalue weighted by Crippen LogP contribution is 2.37. The number of hydrogen-bond donors (Lipinski definition) is 10. The molecule has 10 atom stereocenters. The highest BCUT2D eigenvalue weighted by Gasteiger charge is 2.51. The number of aliphatic hydroxyl groups excluding tert-OH is 6. The molecule has 10 N–H and O–H groups in total. The van der Waals surface area contributed by atoms with Crippen molar-refractivity contribution < 1.29 is 84.0 Å². The first-order valence-electron chi connectivity index (χ1n) is 15.9. The maximum atomic E-state index is 12.9. The third kappa shape index (κ3) is 9.10. The van der Waals surface area contributed by atoms with E-state index in [4.69, 9.17) is 28.8 Å². The minimum atomic E-state index is -1.83. The molecule has 18 heteroatoms. The molecule has 2 aliphatic rings. The minimum absolute atomic E-state index is 0.110. The average molecular weight is 739 g/mol. The van der Waals surface area contributed by atoms with Crippen molar-refractivity contribution in [3.05, 3.63) is 69.8 Å². The molecule has 286 valence electrons. The fourth-order valence-corrected chi connectivity index (χ4v) is 5.49. The van der Waals surface area contributed by atoms with Crippen LogP contribution in [0.15, 0.2) is 51.9 Å². The van der Waals surface area contributed by atoms with Crippen molar-refractivity contribution >= 4 is 5.78 Å². The van der Waals surface area contributed by atoms with E-state index in [2.05, 4.69) is 4.42 Å². The fourth-order valence-electron chi connectivity index (χ4n) is 5.49. The van der Waals surface area contributed by atoms with Gasteiger partial charge in [-0.15, -0.1) is 0 Å². The van der Waals surface area contributed by atoms with Crippen molar-refractivity contribution in [1.29, 1.82) is 0 Å². The number of ether oxygens (including phenoxy) is 5. The maximum absolute atomic E-state index is 12.9. The molecule has 0 radical (unpaired) electrons. The normalized spacial score (nSPS) is 28.7. The van der Waals surface area contributed by atoms with E-state index in [0.717, 1.165) is 12.1 Å². The van der Waals surface area contributed by atoms with E-state index in [1.54, 1.807) is 6.07 Å². The summed E-state index contributed by atoms with van der Waals surface area (Å²) in [6.07, 6.45) is -14.3. The molecular weight excluding hydrogens is 696 g/mol. The molecule has 0 aliphatic carbocycles. The Bertz CT molecular complexity index is 1700. The van der Waals surface area contributed by atoms with E-state index in [0.29, 0.717) is 5.56 Å². The van der Waals surface area contributed by atoms with Gasteiger partial charge < -0.3 is 79.2 Å². The molecular formula is C34H42O18. The van der Waals surface area contributed by atoms with Crippen LogP contribution in [0, 0.1) is 6.92 Å². The zero-order valence-corrected chi connectivity index (χ0v) is 28.2. The minimum Gasteiger partial charge on any atom is -0.507 e. The van der Waals surface area contributed by atoms with Crippen molar-refractivity contribution in [2.45, 2.75) is 88.1 Å². The van der Waals surface area contributed by atoms with Crippen molar-refractivity contribution in [1.82, 2.24) is 0 Å². The summed E-state index contributed by atoms with van der Waals surface area (Å²) in [5.74, 6) is -2.10. The van der Waals surface area contributed by atoms with Gasteiger partial charge in [0.15, 0.2) is 36.0 Å². The zero-order chi connectivity index (χ0) is 38.4. The summed E-state index contributed by atoms with van der Waals surface area (Å²) >= 11 is 0. The molecule has 1 aromatic heterocycles. The summed E-state index contributed by atoms with van der Waals surface area (Å²) in [7, 11) is 1.40. The van der Waals surface area contributed by atoms with Gasteiger partial charge in [0.05, 0.1) is 26.1 Å². The number of methoxy groups -OCH3 is 1. The monoisotopic (exact) mass is 738 g/mol. The lowest BCUT2D eigenvalue weighted by Crippen LogP contribution is -2.64. The Morgan fingerprint density at radius 2 is 1.50 bits per heavy atom. The lowest BCUT2D eigenvalue weighted by atomic mass is 9.97. The third-order valence-electron chi connectivity index (χ3n) is 8.45. The molecule has 2 aromatic carbocycles. The number of aliphatic hydroxyl groups is 6. The number of aromatic hydroxyl groups is 4. The zero-order valence-electron chi connectivity index (χ0n) is 28.2. The van der Waals surface area contributed by atoms with E-state index in [9.17, 15) is 55.5 Å². The van der Waals surface area contributed by atoms with Crippen molar-refractivity contribution in [2.24, 2.45) is 0 Å². The molecule has 0 unspecified atom stereocenters. The van der Waals surface area contributed by atoms with Gasteiger partial charge in [0.1, 0.15) is 65.2 Å². The van der Waals surface area contributed by atoms with Gasteiger partial charge >= 0.3 is 0 Å². The van der Waals surface area contributed by atoms with Gasteiger partial charge in [0.2, 0.25) is 11.2 Å². The molecule has 18 nitrogen and oxygen atoms in total. The van der Waals surface area contributed by atoms with Gasteiger partial charge in [-0.3, -0.25) is 9.59 Å². The second-order valence-corrected chi connectivity index (χ2v) is 12.1. The molecule has 0 spiro atoms. The van der Waals surface area contributed by atoms with E-state index < -0.39 is 96.3 Å². The number of phenols is 3. The van der Waals surface area contributed by atoms with Crippen LogP contribution in [0.25, 0.3) is 0 Å². The van der Waals surface area contributed by atoms with Gasteiger partial charge in [-0.25, -0.2) is 0 Å². The number of rotatable bonds is 10. The Morgan fingerprint density at radius 3 is 2.08 bits per heavy atom. The van der Waals surface area contributed by atoms with Gasteiger partial charge in [-0.1, -0.05) is 6.07 Å². The Hall–Kier alpha value is -4.50. The van der Waals surface area contributed by atoms with Crippen molar-refractivity contribution in [3.63, 3.8) is 0 Å². The number of ketones is 1. The number of Topliss-reactive ketones (excluding diaryl/α,β-unsaturated/α-hetero) is 1. The number of benzene rings is 2. The van der Waals surface area contributed by atoms with Crippen LogP contribution in [-0.2, 0) is 20.6 Å². The SMILES string of the molecule is COc1ccc(CCC(=O)c2c(O)cc(O[C@H]3[C@H](O[C@@H]4[C@@H](O)[C@H](O)[C@@H](CO)O[C@H]4O)O[C@@H](C)[C@H](O)[C@H]3O)cc2O)cc1O.Cc1occc(=O)c1O. The summed E-state index contributed by atoms with van der Waals surface area (Å²) in [5, 5.41) is 101. The Kier molecular flexibility index (Phi) is 13.4. The van der Waals surface area contributed by atoms with Gasteiger partial charge in [0.25, 0.3) is 0 Å². The van der Waals surface area contributed by atoms with E-state index >= 15 is 0 Å². The van der Waals surface area contributed by atoms with Crippen molar-refractivity contribution in [2.75, 3.05) is 13.7 Å². The van der Waals surface area contributed by atoms with Crippen LogP contribution in [0.5, 0.6) is 34.5 Å². The van der Waals surface area contributed by atoms with Gasteiger partial charge in [-0.2, -0.15) is 0 Å². The number of carbonyl (C=O) groups is 1. The fraction of sp³-hybridized carbons (Fsp3) is 0.471. The largest absolute Gasteiger partial charge is 0.507 e. The lowest BCUT2D eigenvalue weighted by Gasteiger charge is -2.45. The topological polar surface area (TPSA) is 296 Å². The average Bonchev–Trinajstić information content (AvgIpc) is 3.10. The summed E-state index contributed by atoms with van der Waals surface area (Å²) in [4.78, 5) is 23.4. The first-order valence-corrected chi connectivity index (χ1v) is 15.9. The van der Waals surface area contributed by atoms with E-state index in [1.807, 2.05) is 0 Å². The van der Waals surface area contributed by atoms with Gasteiger partial charge in [0, 0.05) is 24.6 Å². The number of carbonyl (C=O) groups excluding carboxylic acids is 1. The van der Waals surface area contributed by atoms with Crippen LogP contribution < -0.4 is 14.9 Å². The van der Waals surface area contributed by atoms with E-state index in [-0.39, 0.29) is 41.6 Å². The smallest absolute Gasteiger partial charge is 0.226 e.